The molecule has 0 fully saturated rings. The second-order valence-electron chi connectivity index (χ2n) is 4.17. The smallest absolute Gasteiger partial charge is 0.251 e. The highest BCUT2D eigenvalue weighted by Crippen LogP contribution is 2.07. The molecular formula is C13H17ClFNO. The number of carbonyl (C=O) groups is 1. The quantitative estimate of drug-likeness (QED) is 0.615. The normalized spacial score (nSPS) is 12.2. The Bertz CT molecular complexity index is 370. The van der Waals surface area contributed by atoms with E-state index in [0.717, 1.165) is 12.8 Å². The van der Waals surface area contributed by atoms with E-state index < -0.39 is 5.82 Å². The van der Waals surface area contributed by atoms with Crippen LogP contribution in [0.15, 0.2) is 24.3 Å². The van der Waals surface area contributed by atoms with Crippen molar-refractivity contribution in [2.24, 2.45) is 5.92 Å². The fourth-order valence-electron chi connectivity index (χ4n) is 1.46. The molecular weight excluding hydrogens is 241 g/mol. The number of amides is 1. The summed E-state index contributed by atoms with van der Waals surface area (Å²) in [5, 5.41) is 2.76. The predicted octanol–water partition coefficient (Wildman–Crippen LogP) is 3.21. The van der Waals surface area contributed by atoms with Crippen LogP contribution in [0.1, 0.15) is 30.1 Å². The van der Waals surface area contributed by atoms with Crippen molar-refractivity contribution >= 4 is 17.5 Å². The lowest BCUT2D eigenvalue weighted by atomic mass is 10.1. The number of hydrogen-bond acceptors (Lipinski definition) is 1. The molecule has 94 valence electrons. The van der Waals surface area contributed by atoms with Crippen molar-refractivity contribution in [2.45, 2.75) is 19.8 Å². The number of carbonyl (C=O) groups excluding carboxylic acids is 1. The monoisotopic (exact) mass is 257 g/mol. The topological polar surface area (TPSA) is 29.1 Å². The molecule has 1 aromatic carbocycles. The van der Waals surface area contributed by atoms with Crippen LogP contribution < -0.4 is 5.32 Å². The molecule has 0 saturated heterocycles. The highest BCUT2D eigenvalue weighted by molar-refractivity contribution is 6.18. The molecule has 4 heteroatoms. The third kappa shape index (κ3) is 5.18. The van der Waals surface area contributed by atoms with Crippen LogP contribution in [0, 0.1) is 11.7 Å². The lowest BCUT2D eigenvalue weighted by Gasteiger charge is -2.08. The number of rotatable bonds is 6. The minimum Gasteiger partial charge on any atom is -0.352 e. The van der Waals surface area contributed by atoms with Gasteiger partial charge in [-0.1, -0.05) is 13.0 Å². The van der Waals surface area contributed by atoms with E-state index in [-0.39, 0.29) is 5.91 Å². The maximum atomic E-state index is 12.9. The summed E-state index contributed by atoms with van der Waals surface area (Å²) >= 11 is 5.68. The summed E-state index contributed by atoms with van der Waals surface area (Å²) in [5.74, 6) is 0.469. The molecule has 17 heavy (non-hydrogen) atoms. The standard InChI is InChI=1S/C13H17ClFNO/c1-10(9-14)4-3-7-16-13(17)11-5-2-6-12(15)8-11/h2,5-6,8,10H,3-4,7,9H2,1H3,(H,16,17). The molecule has 0 spiro atoms. The number of nitrogens with one attached hydrogen (secondary N) is 1. The Kier molecular flexibility index (Phi) is 5.98. The number of halogens is 2. The number of benzene rings is 1. The molecule has 1 atom stereocenters. The number of hydrogen-bond donors (Lipinski definition) is 1. The van der Waals surface area contributed by atoms with E-state index in [0.29, 0.717) is 23.9 Å². The van der Waals surface area contributed by atoms with Crippen molar-refractivity contribution in [3.8, 4) is 0 Å². The van der Waals surface area contributed by atoms with Crippen molar-refractivity contribution in [1.82, 2.24) is 5.32 Å². The summed E-state index contributed by atoms with van der Waals surface area (Å²) in [7, 11) is 0. The third-order valence-corrected chi connectivity index (χ3v) is 3.04. The van der Waals surface area contributed by atoms with E-state index in [9.17, 15) is 9.18 Å². The Morgan fingerprint density at radius 3 is 2.94 bits per heavy atom. The van der Waals surface area contributed by atoms with E-state index in [1.165, 1.54) is 18.2 Å². The summed E-state index contributed by atoms with van der Waals surface area (Å²) in [6.07, 6.45) is 1.86. The summed E-state index contributed by atoms with van der Waals surface area (Å²) in [4.78, 5) is 11.6. The summed E-state index contributed by atoms with van der Waals surface area (Å²) in [6.45, 7) is 2.66. The molecule has 1 amide bonds. The van der Waals surface area contributed by atoms with Crippen LogP contribution in [-0.4, -0.2) is 18.3 Å². The van der Waals surface area contributed by atoms with E-state index in [1.807, 2.05) is 0 Å². The van der Waals surface area contributed by atoms with Gasteiger partial charge >= 0.3 is 0 Å². The molecule has 0 aliphatic heterocycles. The van der Waals surface area contributed by atoms with Gasteiger partial charge in [-0.05, 0) is 37.0 Å². The molecule has 0 heterocycles. The van der Waals surface area contributed by atoms with Gasteiger partial charge in [-0.2, -0.15) is 0 Å². The van der Waals surface area contributed by atoms with Crippen molar-refractivity contribution in [3.63, 3.8) is 0 Å². The van der Waals surface area contributed by atoms with Gasteiger partial charge in [0.15, 0.2) is 0 Å². The summed E-state index contributed by atoms with van der Waals surface area (Å²) < 4.78 is 12.9. The van der Waals surface area contributed by atoms with Crippen LogP contribution in [-0.2, 0) is 0 Å². The van der Waals surface area contributed by atoms with Crippen molar-refractivity contribution < 1.29 is 9.18 Å². The summed E-state index contributed by atoms with van der Waals surface area (Å²) in [6, 6.07) is 5.68. The van der Waals surface area contributed by atoms with Gasteiger partial charge in [-0.25, -0.2) is 4.39 Å². The van der Waals surface area contributed by atoms with Gasteiger partial charge in [0.1, 0.15) is 5.82 Å². The van der Waals surface area contributed by atoms with Gasteiger partial charge in [-0.3, -0.25) is 4.79 Å². The van der Waals surface area contributed by atoms with Crippen LogP contribution in [0.3, 0.4) is 0 Å². The fraction of sp³-hybridized carbons (Fsp3) is 0.462. The van der Waals surface area contributed by atoms with Gasteiger partial charge in [0.25, 0.3) is 5.91 Å². The summed E-state index contributed by atoms with van der Waals surface area (Å²) in [5.41, 5.74) is 0.357. The number of alkyl halides is 1. The first-order valence-electron chi connectivity index (χ1n) is 5.73. The zero-order valence-electron chi connectivity index (χ0n) is 9.88. The molecule has 1 N–H and O–H groups in total. The molecule has 1 aromatic rings. The van der Waals surface area contributed by atoms with E-state index in [1.54, 1.807) is 6.07 Å². The van der Waals surface area contributed by atoms with E-state index in [4.69, 9.17) is 11.6 Å². The highest BCUT2D eigenvalue weighted by Gasteiger charge is 2.06. The van der Waals surface area contributed by atoms with Gasteiger partial charge in [0.2, 0.25) is 0 Å². The van der Waals surface area contributed by atoms with Gasteiger partial charge < -0.3 is 5.32 Å². The van der Waals surface area contributed by atoms with Crippen molar-refractivity contribution in [3.05, 3.63) is 35.6 Å². The molecule has 1 unspecified atom stereocenters. The predicted molar refractivity (Wildman–Crippen MR) is 67.9 cm³/mol. The van der Waals surface area contributed by atoms with Crippen molar-refractivity contribution in [2.75, 3.05) is 12.4 Å². The van der Waals surface area contributed by atoms with Crippen LogP contribution in [0.2, 0.25) is 0 Å². The second-order valence-corrected chi connectivity index (χ2v) is 4.48. The Morgan fingerprint density at radius 1 is 1.53 bits per heavy atom. The largest absolute Gasteiger partial charge is 0.352 e. The van der Waals surface area contributed by atoms with Crippen LogP contribution in [0.25, 0.3) is 0 Å². The molecule has 0 aliphatic rings. The third-order valence-electron chi connectivity index (χ3n) is 2.51. The Hall–Kier alpha value is -1.09. The van der Waals surface area contributed by atoms with Gasteiger partial charge in [0.05, 0.1) is 0 Å². The maximum absolute atomic E-state index is 12.9. The average molecular weight is 258 g/mol. The molecule has 0 aromatic heterocycles. The molecule has 1 rings (SSSR count). The molecule has 0 aliphatic carbocycles. The average Bonchev–Trinajstić information content (AvgIpc) is 2.34. The zero-order chi connectivity index (χ0) is 12.7. The minimum absolute atomic E-state index is 0.233. The molecule has 2 nitrogen and oxygen atoms in total. The first-order valence-corrected chi connectivity index (χ1v) is 6.26. The highest BCUT2D eigenvalue weighted by atomic mass is 35.5. The Labute approximate surface area is 106 Å². The first kappa shape index (κ1) is 14.0. The van der Waals surface area contributed by atoms with E-state index in [2.05, 4.69) is 12.2 Å². The van der Waals surface area contributed by atoms with Gasteiger partial charge in [-0.15, -0.1) is 11.6 Å². The second kappa shape index (κ2) is 7.28. The Balaban J connectivity index is 2.30. The lowest BCUT2D eigenvalue weighted by molar-refractivity contribution is 0.0952. The minimum atomic E-state index is -0.395. The van der Waals surface area contributed by atoms with Crippen molar-refractivity contribution in [1.29, 1.82) is 0 Å². The fourth-order valence-corrected chi connectivity index (χ4v) is 1.62. The van der Waals surface area contributed by atoms with Gasteiger partial charge in [0, 0.05) is 18.0 Å². The lowest BCUT2D eigenvalue weighted by Crippen LogP contribution is -2.24. The zero-order valence-corrected chi connectivity index (χ0v) is 10.6. The molecule has 0 saturated carbocycles. The molecule has 0 bridgehead atoms. The first-order chi connectivity index (χ1) is 8.13. The molecule has 0 radical (unpaired) electrons. The van der Waals surface area contributed by atoms with Crippen LogP contribution in [0.5, 0.6) is 0 Å². The van der Waals surface area contributed by atoms with Crippen LogP contribution >= 0.6 is 11.6 Å². The van der Waals surface area contributed by atoms with Crippen LogP contribution in [0.4, 0.5) is 4.39 Å². The van der Waals surface area contributed by atoms with E-state index >= 15 is 0 Å². The SMILES string of the molecule is CC(CCl)CCCNC(=O)c1cccc(F)c1. The Morgan fingerprint density at radius 2 is 2.29 bits per heavy atom. The maximum Gasteiger partial charge on any atom is 0.251 e.